The number of aliphatic carboxylic acids is 1. The Morgan fingerprint density at radius 2 is 2.21 bits per heavy atom. The minimum absolute atomic E-state index is 0.147. The monoisotopic (exact) mass is 270 g/mol. The molecule has 0 saturated carbocycles. The van der Waals surface area contributed by atoms with E-state index in [2.05, 4.69) is 5.32 Å². The molecule has 1 fully saturated rings. The Morgan fingerprint density at radius 3 is 2.84 bits per heavy atom. The van der Waals surface area contributed by atoms with E-state index < -0.39 is 11.9 Å². The largest absolute Gasteiger partial charge is 0.481 e. The molecule has 3 N–H and O–H groups in total. The zero-order valence-corrected chi connectivity index (χ0v) is 10.5. The molecule has 2 rings (SSSR count). The van der Waals surface area contributed by atoms with Crippen LogP contribution < -0.4 is 5.32 Å². The average Bonchev–Trinajstić information content (AvgIpc) is 2.87. The molecule has 0 bridgehead atoms. The topological polar surface area (TPSA) is 99.1 Å². The van der Waals surface area contributed by atoms with E-state index in [0.29, 0.717) is 26.2 Å². The first-order chi connectivity index (χ1) is 9.11. The summed E-state index contributed by atoms with van der Waals surface area (Å²) in [5.74, 6) is -1.42. The second kappa shape index (κ2) is 6.03. The SMILES string of the molecule is O=C(O)C1C=CC(NC(=O)N2CCOCC2CO)C1. The van der Waals surface area contributed by atoms with Gasteiger partial charge in [-0.15, -0.1) is 0 Å². The number of aliphatic hydroxyl groups excluding tert-OH is 1. The van der Waals surface area contributed by atoms with Gasteiger partial charge >= 0.3 is 12.0 Å². The number of ether oxygens (including phenoxy) is 1. The summed E-state index contributed by atoms with van der Waals surface area (Å²) in [6.45, 7) is 1.05. The molecule has 7 nitrogen and oxygen atoms in total. The van der Waals surface area contributed by atoms with Crippen molar-refractivity contribution in [3.8, 4) is 0 Å². The highest BCUT2D eigenvalue weighted by atomic mass is 16.5. The molecule has 0 aromatic rings. The summed E-state index contributed by atoms with van der Waals surface area (Å²) in [6, 6.07) is -0.895. The normalized spacial score (nSPS) is 30.4. The van der Waals surface area contributed by atoms with Crippen molar-refractivity contribution in [1.82, 2.24) is 10.2 Å². The highest BCUT2D eigenvalue weighted by Gasteiger charge is 2.30. The third kappa shape index (κ3) is 3.24. The van der Waals surface area contributed by atoms with Gasteiger partial charge in [-0.25, -0.2) is 4.79 Å². The van der Waals surface area contributed by atoms with Crippen molar-refractivity contribution in [2.75, 3.05) is 26.4 Å². The lowest BCUT2D eigenvalue weighted by Crippen LogP contribution is -2.55. The molecule has 1 aliphatic carbocycles. The van der Waals surface area contributed by atoms with Crippen molar-refractivity contribution < 1.29 is 24.5 Å². The predicted molar refractivity (Wildman–Crippen MR) is 65.6 cm³/mol. The van der Waals surface area contributed by atoms with Crippen molar-refractivity contribution in [3.63, 3.8) is 0 Å². The number of carboxylic acids is 1. The van der Waals surface area contributed by atoms with Gasteiger partial charge in [-0.3, -0.25) is 4.79 Å². The number of morpholine rings is 1. The zero-order valence-electron chi connectivity index (χ0n) is 10.5. The molecule has 7 heteroatoms. The standard InChI is InChI=1S/C12H18N2O5/c15-6-10-7-19-4-3-14(10)12(18)13-9-2-1-8(5-9)11(16)17/h1-2,8-10,15H,3-7H2,(H,13,18)(H,16,17). The lowest BCUT2D eigenvalue weighted by Gasteiger charge is -2.35. The number of urea groups is 1. The summed E-state index contributed by atoms with van der Waals surface area (Å²) in [4.78, 5) is 24.4. The van der Waals surface area contributed by atoms with E-state index in [4.69, 9.17) is 9.84 Å². The van der Waals surface area contributed by atoms with E-state index in [0.717, 1.165) is 0 Å². The first-order valence-electron chi connectivity index (χ1n) is 6.28. The van der Waals surface area contributed by atoms with E-state index in [1.165, 1.54) is 4.90 Å². The molecule has 3 unspecified atom stereocenters. The first kappa shape index (κ1) is 13.8. The smallest absolute Gasteiger partial charge is 0.318 e. The second-order valence-corrected chi connectivity index (χ2v) is 4.73. The van der Waals surface area contributed by atoms with Gasteiger partial charge in [0.15, 0.2) is 0 Å². The summed E-state index contributed by atoms with van der Waals surface area (Å²) in [6.07, 6.45) is 3.66. The minimum atomic E-state index is -0.882. The molecule has 1 aliphatic heterocycles. The van der Waals surface area contributed by atoms with Crippen molar-refractivity contribution >= 4 is 12.0 Å². The summed E-state index contributed by atoms with van der Waals surface area (Å²) in [7, 11) is 0. The van der Waals surface area contributed by atoms with Gasteiger partial charge in [0.1, 0.15) is 0 Å². The van der Waals surface area contributed by atoms with Gasteiger partial charge in [0.25, 0.3) is 0 Å². The zero-order chi connectivity index (χ0) is 13.8. The summed E-state index contributed by atoms with van der Waals surface area (Å²) in [5, 5.41) is 20.8. The van der Waals surface area contributed by atoms with E-state index in [1.54, 1.807) is 12.2 Å². The van der Waals surface area contributed by atoms with Crippen LogP contribution in [0.25, 0.3) is 0 Å². The molecule has 0 radical (unpaired) electrons. The van der Waals surface area contributed by atoms with Gasteiger partial charge in [-0.05, 0) is 6.42 Å². The van der Waals surface area contributed by atoms with Crippen LogP contribution in [0.3, 0.4) is 0 Å². The lowest BCUT2D eigenvalue weighted by atomic mass is 10.1. The fourth-order valence-corrected chi connectivity index (χ4v) is 2.30. The molecule has 0 spiro atoms. The molecule has 106 valence electrons. The summed E-state index contributed by atoms with van der Waals surface area (Å²) < 4.78 is 5.20. The maximum absolute atomic E-state index is 12.1. The van der Waals surface area contributed by atoms with Gasteiger partial charge in [0.2, 0.25) is 0 Å². The molecule has 1 saturated heterocycles. The number of hydrogen-bond donors (Lipinski definition) is 3. The summed E-state index contributed by atoms with van der Waals surface area (Å²) in [5.41, 5.74) is 0. The van der Waals surface area contributed by atoms with Crippen LogP contribution >= 0.6 is 0 Å². The van der Waals surface area contributed by atoms with Crippen LogP contribution in [0.5, 0.6) is 0 Å². The third-order valence-corrected chi connectivity index (χ3v) is 3.41. The Labute approximate surface area is 110 Å². The molecule has 2 amide bonds. The van der Waals surface area contributed by atoms with E-state index >= 15 is 0 Å². The molecule has 0 aromatic carbocycles. The maximum atomic E-state index is 12.1. The van der Waals surface area contributed by atoms with Gasteiger partial charge in [0.05, 0.1) is 37.8 Å². The van der Waals surface area contributed by atoms with E-state index in [-0.39, 0.29) is 24.7 Å². The van der Waals surface area contributed by atoms with Crippen molar-refractivity contribution in [2.45, 2.75) is 18.5 Å². The van der Waals surface area contributed by atoms with Gasteiger partial charge in [-0.1, -0.05) is 12.2 Å². The van der Waals surface area contributed by atoms with Crippen LogP contribution in [0, 0.1) is 5.92 Å². The number of carbonyl (C=O) groups excluding carboxylic acids is 1. The molecule has 2 aliphatic rings. The molecular weight excluding hydrogens is 252 g/mol. The van der Waals surface area contributed by atoms with Crippen LogP contribution in [0.1, 0.15) is 6.42 Å². The minimum Gasteiger partial charge on any atom is -0.481 e. The molecule has 19 heavy (non-hydrogen) atoms. The highest BCUT2D eigenvalue weighted by Crippen LogP contribution is 2.18. The van der Waals surface area contributed by atoms with Crippen molar-refractivity contribution in [1.29, 1.82) is 0 Å². The van der Waals surface area contributed by atoms with Gasteiger partial charge < -0.3 is 25.2 Å². The van der Waals surface area contributed by atoms with Crippen LogP contribution in [-0.2, 0) is 9.53 Å². The Bertz CT molecular complexity index is 384. The number of nitrogens with zero attached hydrogens (tertiary/aromatic N) is 1. The third-order valence-electron chi connectivity index (χ3n) is 3.41. The Morgan fingerprint density at radius 1 is 1.42 bits per heavy atom. The number of rotatable bonds is 3. The van der Waals surface area contributed by atoms with E-state index in [1.807, 2.05) is 0 Å². The molecule has 3 atom stereocenters. The Kier molecular flexibility index (Phi) is 4.39. The number of hydrogen-bond acceptors (Lipinski definition) is 4. The molecule has 0 aromatic heterocycles. The Balaban J connectivity index is 1.87. The number of aliphatic hydroxyl groups is 1. The van der Waals surface area contributed by atoms with Crippen LogP contribution in [0.15, 0.2) is 12.2 Å². The maximum Gasteiger partial charge on any atom is 0.318 e. The fourth-order valence-electron chi connectivity index (χ4n) is 2.30. The predicted octanol–water partition coefficient (Wildman–Crippen LogP) is -0.582. The molecule has 1 heterocycles. The van der Waals surface area contributed by atoms with E-state index in [9.17, 15) is 14.7 Å². The van der Waals surface area contributed by atoms with Crippen LogP contribution in [0.4, 0.5) is 4.79 Å². The number of amides is 2. The Hall–Kier alpha value is -1.60. The number of carbonyl (C=O) groups is 2. The van der Waals surface area contributed by atoms with Crippen molar-refractivity contribution in [3.05, 3.63) is 12.2 Å². The van der Waals surface area contributed by atoms with Crippen LogP contribution in [0.2, 0.25) is 0 Å². The lowest BCUT2D eigenvalue weighted by molar-refractivity contribution is -0.140. The fraction of sp³-hybridized carbons (Fsp3) is 0.667. The second-order valence-electron chi connectivity index (χ2n) is 4.73. The highest BCUT2D eigenvalue weighted by molar-refractivity contribution is 5.76. The average molecular weight is 270 g/mol. The number of nitrogens with one attached hydrogen (secondary N) is 1. The summed E-state index contributed by atoms with van der Waals surface area (Å²) >= 11 is 0. The first-order valence-corrected chi connectivity index (χ1v) is 6.28. The van der Waals surface area contributed by atoms with Gasteiger partial charge in [-0.2, -0.15) is 0 Å². The van der Waals surface area contributed by atoms with Crippen molar-refractivity contribution in [2.24, 2.45) is 5.92 Å². The quantitative estimate of drug-likeness (QED) is 0.596. The molecular formula is C12H18N2O5. The number of carboxylic acid groups (broad SMARTS) is 1. The van der Waals surface area contributed by atoms with Gasteiger partial charge in [0, 0.05) is 6.54 Å². The van der Waals surface area contributed by atoms with Crippen LogP contribution in [-0.4, -0.2) is 65.6 Å².